The normalized spacial score (nSPS) is 14.7. The van der Waals surface area contributed by atoms with Gasteiger partial charge in [-0.1, -0.05) is 0 Å². The molecule has 0 spiro atoms. The molecule has 1 saturated carbocycles. The van der Waals surface area contributed by atoms with Gasteiger partial charge >= 0.3 is 0 Å². The Hall–Kier alpha value is -1.69. The van der Waals surface area contributed by atoms with Crippen molar-refractivity contribution >= 4 is 23.1 Å². The molecule has 2 N–H and O–H groups in total. The molecule has 6 heteroatoms. The minimum Gasteiger partial charge on any atom is -0.304 e. The van der Waals surface area contributed by atoms with Gasteiger partial charge in [0.2, 0.25) is 0 Å². The van der Waals surface area contributed by atoms with E-state index in [1.165, 1.54) is 24.2 Å². The van der Waals surface area contributed by atoms with Gasteiger partial charge in [0.05, 0.1) is 10.7 Å². The molecule has 19 heavy (non-hydrogen) atoms. The van der Waals surface area contributed by atoms with E-state index >= 15 is 0 Å². The highest BCUT2D eigenvalue weighted by molar-refractivity contribution is 7.13. The Morgan fingerprint density at radius 1 is 1.37 bits per heavy atom. The second-order valence-electron chi connectivity index (χ2n) is 4.99. The molecule has 0 aromatic carbocycles. The van der Waals surface area contributed by atoms with Crippen LogP contribution < -0.4 is 5.32 Å². The SMILES string of the molecule is Cc1nc(C)c(C(=O)Nc2n[nH]c(C3CC3)c2C)s1. The largest absolute Gasteiger partial charge is 0.304 e. The van der Waals surface area contributed by atoms with Crippen LogP contribution in [0.4, 0.5) is 5.82 Å². The monoisotopic (exact) mass is 276 g/mol. The first kappa shape index (κ1) is 12.3. The molecule has 3 rings (SSSR count). The summed E-state index contributed by atoms with van der Waals surface area (Å²) in [4.78, 5) is 17.1. The molecule has 0 radical (unpaired) electrons. The molecule has 0 unspecified atom stereocenters. The average molecular weight is 276 g/mol. The van der Waals surface area contributed by atoms with Gasteiger partial charge in [0.25, 0.3) is 5.91 Å². The number of amides is 1. The van der Waals surface area contributed by atoms with E-state index in [0.717, 1.165) is 22.0 Å². The molecular weight excluding hydrogens is 260 g/mol. The molecule has 0 saturated heterocycles. The minimum atomic E-state index is -0.125. The molecule has 2 aromatic heterocycles. The van der Waals surface area contributed by atoms with Crippen LogP contribution in [0, 0.1) is 20.8 Å². The maximum Gasteiger partial charge on any atom is 0.268 e. The third-order valence-electron chi connectivity index (χ3n) is 3.37. The van der Waals surface area contributed by atoms with Crippen molar-refractivity contribution in [1.29, 1.82) is 0 Å². The first-order valence-corrected chi connectivity index (χ1v) is 7.18. The van der Waals surface area contributed by atoms with E-state index in [1.54, 1.807) is 0 Å². The lowest BCUT2D eigenvalue weighted by Gasteiger charge is -2.02. The third-order valence-corrected chi connectivity index (χ3v) is 4.45. The number of carbonyl (C=O) groups excluding carboxylic acids is 1. The molecule has 0 bridgehead atoms. The van der Waals surface area contributed by atoms with Crippen molar-refractivity contribution < 1.29 is 4.79 Å². The molecule has 0 aliphatic heterocycles. The van der Waals surface area contributed by atoms with Crippen molar-refractivity contribution in [2.45, 2.75) is 39.5 Å². The molecule has 1 aliphatic carbocycles. The third kappa shape index (κ3) is 2.28. The van der Waals surface area contributed by atoms with Gasteiger partial charge in [0.15, 0.2) is 5.82 Å². The smallest absolute Gasteiger partial charge is 0.268 e. The highest BCUT2D eigenvalue weighted by atomic mass is 32.1. The maximum atomic E-state index is 12.2. The minimum absolute atomic E-state index is 0.125. The number of anilines is 1. The Morgan fingerprint density at radius 2 is 2.11 bits per heavy atom. The van der Waals surface area contributed by atoms with E-state index in [4.69, 9.17) is 0 Å². The number of hydrogen-bond acceptors (Lipinski definition) is 4. The molecular formula is C13H16N4OS. The Morgan fingerprint density at radius 3 is 2.68 bits per heavy atom. The second-order valence-corrected chi connectivity index (χ2v) is 6.19. The van der Waals surface area contributed by atoms with Crippen LogP contribution in [-0.4, -0.2) is 21.1 Å². The first-order valence-electron chi connectivity index (χ1n) is 6.36. The van der Waals surface area contributed by atoms with Crippen LogP contribution in [0.2, 0.25) is 0 Å². The molecule has 5 nitrogen and oxygen atoms in total. The summed E-state index contributed by atoms with van der Waals surface area (Å²) in [5.41, 5.74) is 2.98. The Kier molecular flexibility index (Phi) is 2.89. The zero-order valence-electron chi connectivity index (χ0n) is 11.2. The summed E-state index contributed by atoms with van der Waals surface area (Å²) in [6, 6.07) is 0. The van der Waals surface area contributed by atoms with Crippen LogP contribution in [0.5, 0.6) is 0 Å². The zero-order chi connectivity index (χ0) is 13.6. The number of aromatic nitrogens is 3. The van der Waals surface area contributed by atoms with Crippen molar-refractivity contribution in [3.8, 4) is 0 Å². The van der Waals surface area contributed by atoms with Gasteiger partial charge in [0, 0.05) is 17.2 Å². The maximum absolute atomic E-state index is 12.2. The Labute approximate surface area is 115 Å². The molecule has 0 atom stereocenters. The molecule has 2 aromatic rings. The van der Waals surface area contributed by atoms with Gasteiger partial charge in [-0.3, -0.25) is 9.89 Å². The number of nitrogens with zero attached hydrogens (tertiary/aromatic N) is 2. The van der Waals surface area contributed by atoms with Gasteiger partial charge < -0.3 is 5.32 Å². The molecule has 2 heterocycles. The Bertz CT molecular complexity index is 639. The van der Waals surface area contributed by atoms with Crippen LogP contribution in [0.1, 0.15) is 50.4 Å². The Balaban J connectivity index is 1.81. The van der Waals surface area contributed by atoms with E-state index in [-0.39, 0.29) is 5.91 Å². The van der Waals surface area contributed by atoms with Gasteiger partial charge in [-0.2, -0.15) is 5.10 Å². The van der Waals surface area contributed by atoms with E-state index in [1.807, 2.05) is 20.8 Å². The lowest BCUT2D eigenvalue weighted by Crippen LogP contribution is -2.12. The van der Waals surface area contributed by atoms with Crippen LogP contribution in [-0.2, 0) is 0 Å². The van der Waals surface area contributed by atoms with Gasteiger partial charge in [0.1, 0.15) is 4.88 Å². The molecule has 100 valence electrons. The highest BCUT2D eigenvalue weighted by Crippen LogP contribution is 2.41. The number of aryl methyl sites for hydroxylation is 2. The van der Waals surface area contributed by atoms with Gasteiger partial charge in [-0.15, -0.1) is 11.3 Å². The predicted octanol–water partition coefficient (Wildman–Crippen LogP) is 2.92. The van der Waals surface area contributed by atoms with Crippen molar-refractivity contribution in [2.24, 2.45) is 0 Å². The lowest BCUT2D eigenvalue weighted by atomic mass is 10.2. The number of rotatable bonds is 3. The summed E-state index contributed by atoms with van der Waals surface area (Å²) in [5, 5.41) is 11.0. The number of aromatic amines is 1. The van der Waals surface area contributed by atoms with E-state index in [0.29, 0.717) is 16.6 Å². The molecule has 1 aliphatic rings. The van der Waals surface area contributed by atoms with E-state index in [2.05, 4.69) is 20.5 Å². The molecule has 1 fully saturated rings. The van der Waals surface area contributed by atoms with Crippen molar-refractivity contribution in [1.82, 2.24) is 15.2 Å². The molecule has 1 amide bonds. The van der Waals surface area contributed by atoms with Crippen LogP contribution in [0.3, 0.4) is 0 Å². The predicted molar refractivity (Wildman–Crippen MR) is 74.8 cm³/mol. The fourth-order valence-corrected chi connectivity index (χ4v) is 3.02. The number of H-pyrrole nitrogens is 1. The summed E-state index contributed by atoms with van der Waals surface area (Å²) < 4.78 is 0. The zero-order valence-corrected chi connectivity index (χ0v) is 12.0. The fourth-order valence-electron chi connectivity index (χ4n) is 2.21. The van der Waals surface area contributed by atoms with E-state index < -0.39 is 0 Å². The fraction of sp³-hybridized carbons (Fsp3) is 0.462. The van der Waals surface area contributed by atoms with E-state index in [9.17, 15) is 4.79 Å². The summed E-state index contributed by atoms with van der Waals surface area (Å²) in [7, 11) is 0. The number of hydrogen-bond donors (Lipinski definition) is 2. The van der Waals surface area contributed by atoms with Crippen LogP contribution in [0.15, 0.2) is 0 Å². The van der Waals surface area contributed by atoms with Crippen LogP contribution in [0.25, 0.3) is 0 Å². The summed E-state index contributed by atoms with van der Waals surface area (Å²) >= 11 is 1.41. The van der Waals surface area contributed by atoms with Crippen LogP contribution >= 0.6 is 11.3 Å². The number of carbonyl (C=O) groups is 1. The quantitative estimate of drug-likeness (QED) is 0.905. The highest BCUT2D eigenvalue weighted by Gasteiger charge is 2.28. The van der Waals surface area contributed by atoms with Crippen molar-refractivity contribution in [2.75, 3.05) is 5.32 Å². The second kappa shape index (κ2) is 4.45. The topological polar surface area (TPSA) is 70.7 Å². The van der Waals surface area contributed by atoms with Gasteiger partial charge in [-0.05, 0) is 33.6 Å². The standard InChI is InChI=1S/C13H16N4OS/c1-6-10(9-4-5-9)16-17-12(6)15-13(18)11-7(2)14-8(3)19-11/h9H,4-5H2,1-3H3,(H2,15,16,17,18). The van der Waals surface area contributed by atoms with Gasteiger partial charge in [-0.25, -0.2) is 4.98 Å². The average Bonchev–Trinajstić information content (AvgIpc) is 3.05. The summed E-state index contributed by atoms with van der Waals surface area (Å²) in [5.74, 6) is 1.11. The number of nitrogens with one attached hydrogen (secondary N) is 2. The first-order chi connectivity index (χ1) is 9.06. The lowest BCUT2D eigenvalue weighted by molar-refractivity contribution is 0.102. The van der Waals surface area contributed by atoms with Crippen molar-refractivity contribution in [3.05, 3.63) is 26.8 Å². The number of thiazole rings is 1. The summed E-state index contributed by atoms with van der Waals surface area (Å²) in [6.45, 7) is 5.75. The van der Waals surface area contributed by atoms with Crippen molar-refractivity contribution in [3.63, 3.8) is 0 Å². The summed E-state index contributed by atoms with van der Waals surface area (Å²) in [6.07, 6.45) is 2.42.